The van der Waals surface area contributed by atoms with Gasteiger partial charge in [-0.3, -0.25) is 4.79 Å². The summed E-state index contributed by atoms with van der Waals surface area (Å²) in [4.78, 5) is 26.0. The van der Waals surface area contributed by atoms with Gasteiger partial charge in [-0.15, -0.1) is 11.3 Å². The molecule has 1 aromatic heterocycles. The molecule has 6 nitrogen and oxygen atoms in total. The Bertz CT molecular complexity index is 974. The molecule has 1 aromatic carbocycles. The van der Waals surface area contributed by atoms with Crippen molar-refractivity contribution in [3.8, 4) is 0 Å². The number of thiophene rings is 1. The van der Waals surface area contributed by atoms with Crippen molar-refractivity contribution in [2.45, 2.75) is 31.4 Å². The van der Waals surface area contributed by atoms with Gasteiger partial charge in [-0.2, -0.15) is 0 Å². The highest BCUT2D eigenvalue weighted by Crippen LogP contribution is 2.38. The SMILES string of the molecule is COC(=O)c1c(NC(=O)c2ccc(CS(C)(=O)=O)cc2)sc2c1CCCC2. The van der Waals surface area contributed by atoms with Gasteiger partial charge in [0.25, 0.3) is 5.91 Å². The van der Waals surface area contributed by atoms with Crippen LogP contribution in [0.2, 0.25) is 0 Å². The molecule has 3 rings (SSSR count). The summed E-state index contributed by atoms with van der Waals surface area (Å²) in [7, 11) is -1.79. The van der Waals surface area contributed by atoms with Gasteiger partial charge in [0.1, 0.15) is 5.00 Å². The fraction of sp³-hybridized carbons (Fsp3) is 0.368. The lowest BCUT2D eigenvalue weighted by molar-refractivity contribution is 0.0601. The average molecular weight is 408 g/mol. The normalized spacial score (nSPS) is 13.7. The van der Waals surface area contributed by atoms with Gasteiger partial charge < -0.3 is 10.1 Å². The van der Waals surface area contributed by atoms with Crippen molar-refractivity contribution in [2.75, 3.05) is 18.7 Å². The third kappa shape index (κ3) is 4.56. The van der Waals surface area contributed by atoms with Gasteiger partial charge in [0.05, 0.1) is 18.4 Å². The molecular formula is C19H21NO5S2. The number of carbonyl (C=O) groups excluding carboxylic acids is 2. The number of rotatable bonds is 5. The van der Waals surface area contributed by atoms with E-state index in [1.165, 1.54) is 24.7 Å². The second-order valence-corrected chi connectivity index (χ2v) is 9.87. The molecule has 2 aromatic rings. The summed E-state index contributed by atoms with van der Waals surface area (Å²) >= 11 is 1.43. The van der Waals surface area contributed by atoms with E-state index in [2.05, 4.69) is 5.32 Å². The molecule has 0 radical (unpaired) electrons. The Labute approximate surface area is 162 Å². The molecule has 27 heavy (non-hydrogen) atoms. The van der Waals surface area contributed by atoms with Crippen LogP contribution in [-0.2, 0) is 33.2 Å². The van der Waals surface area contributed by atoms with Crippen LogP contribution in [0.5, 0.6) is 0 Å². The number of carbonyl (C=O) groups is 2. The maximum atomic E-state index is 12.6. The molecule has 0 saturated carbocycles. The fourth-order valence-electron chi connectivity index (χ4n) is 3.20. The molecule has 0 unspecified atom stereocenters. The maximum Gasteiger partial charge on any atom is 0.341 e. The van der Waals surface area contributed by atoms with E-state index in [0.29, 0.717) is 21.7 Å². The van der Waals surface area contributed by atoms with E-state index in [4.69, 9.17) is 4.74 Å². The minimum Gasteiger partial charge on any atom is -0.465 e. The largest absolute Gasteiger partial charge is 0.465 e. The van der Waals surface area contributed by atoms with Crippen LogP contribution in [0.3, 0.4) is 0 Å². The van der Waals surface area contributed by atoms with Crippen molar-refractivity contribution in [2.24, 2.45) is 0 Å². The molecule has 0 spiro atoms. The number of amides is 1. The first-order valence-electron chi connectivity index (χ1n) is 8.59. The maximum absolute atomic E-state index is 12.6. The van der Waals surface area contributed by atoms with Crippen LogP contribution in [0.1, 0.15) is 49.6 Å². The van der Waals surface area contributed by atoms with Crippen molar-refractivity contribution < 1.29 is 22.7 Å². The summed E-state index contributed by atoms with van der Waals surface area (Å²) in [6.07, 6.45) is 4.97. The zero-order valence-electron chi connectivity index (χ0n) is 15.2. The predicted molar refractivity (Wildman–Crippen MR) is 105 cm³/mol. The number of anilines is 1. The van der Waals surface area contributed by atoms with Gasteiger partial charge in [-0.05, 0) is 48.9 Å². The molecule has 0 fully saturated rings. The standard InChI is InChI=1S/C19H21NO5S2/c1-25-19(22)16-14-5-3-4-6-15(14)26-18(16)20-17(21)13-9-7-12(8-10-13)11-27(2,23)24/h7-10H,3-6,11H2,1-2H3,(H,20,21). The van der Waals surface area contributed by atoms with Gasteiger partial charge in [0, 0.05) is 16.7 Å². The van der Waals surface area contributed by atoms with Crippen LogP contribution in [-0.4, -0.2) is 33.7 Å². The van der Waals surface area contributed by atoms with E-state index in [1.807, 2.05) is 0 Å². The number of ether oxygens (including phenoxy) is 1. The van der Waals surface area contributed by atoms with E-state index >= 15 is 0 Å². The van der Waals surface area contributed by atoms with Crippen LogP contribution in [0.4, 0.5) is 5.00 Å². The van der Waals surface area contributed by atoms with Gasteiger partial charge >= 0.3 is 5.97 Å². The molecule has 0 aliphatic heterocycles. The van der Waals surface area contributed by atoms with Crippen molar-refractivity contribution in [3.05, 3.63) is 51.4 Å². The molecular weight excluding hydrogens is 386 g/mol. The highest BCUT2D eigenvalue weighted by Gasteiger charge is 2.27. The van der Waals surface area contributed by atoms with Crippen molar-refractivity contribution in [3.63, 3.8) is 0 Å². The molecule has 1 aliphatic rings. The quantitative estimate of drug-likeness (QED) is 0.769. The zero-order chi connectivity index (χ0) is 19.6. The second-order valence-electron chi connectivity index (χ2n) is 6.63. The zero-order valence-corrected chi connectivity index (χ0v) is 16.8. The molecule has 8 heteroatoms. The molecule has 0 bridgehead atoms. The van der Waals surface area contributed by atoms with E-state index in [9.17, 15) is 18.0 Å². The molecule has 1 heterocycles. The number of aryl methyl sites for hydroxylation is 1. The van der Waals surface area contributed by atoms with Gasteiger partial charge in [-0.25, -0.2) is 13.2 Å². The van der Waals surface area contributed by atoms with Gasteiger partial charge in [0.15, 0.2) is 9.84 Å². The monoisotopic (exact) mass is 407 g/mol. The van der Waals surface area contributed by atoms with E-state index in [-0.39, 0.29) is 11.7 Å². The molecule has 0 saturated heterocycles. The Kier molecular flexibility index (Phi) is 5.67. The van der Waals surface area contributed by atoms with Crippen LogP contribution < -0.4 is 5.32 Å². The number of methoxy groups -OCH3 is 1. The number of hydrogen-bond donors (Lipinski definition) is 1. The van der Waals surface area contributed by atoms with E-state index in [1.54, 1.807) is 24.3 Å². The van der Waals surface area contributed by atoms with Crippen LogP contribution in [0.15, 0.2) is 24.3 Å². The first-order chi connectivity index (χ1) is 12.8. The Hall–Kier alpha value is -2.19. The Balaban J connectivity index is 1.83. The summed E-state index contributed by atoms with van der Waals surface area (Å²) in [5, 5.41) is 3.34. The number of nitrogens with one attached hydrogen (secondary N) is 1. The smallest absolute Gasteiger partial charge is 0.341 e. The number of sulfone groups is 1. The third-order valence-corrected chi connectivity index (χ3v) is 6.50. The highest BCUT2D eigenvalue weighted by atomic mass is 32.2. The Morgan fingerprint density at radius 3 is 2.44 bits per heavy atom. The molecule has 1 amide bonds. The van der Waals surface area contributed by atoms with E-state index < -0.39 is 15.8 Å². The summed E-state index contributed by atoms with van der Waals surface area (Å²) in [5.74, 6) is -0.850. The number of benzene rings is 1. The Morgan fingerprint density at radius 1 is 1.15 bits per heavy atom. The first-order valence-corrected chi connectivity index (χ1v) is 11.5. The topological polar surface area (TPSA) is 89.5 Å². The Morgan fingerprint density at radius 2 is 1.81 bits per heavy atom. The number of hydrogen-bond acceptors (Lipinski definition) is 6. The van der Waals surface area contributed by atoms with E-state index in [0.717, 1.165) is 36.1 Å². The first kappa shape index (κ1) is 19.6. The molecule has 1 aliphatic carbocycles. The van der Waals surface area contributed by atoms with Crippen LogP contribution in [0, 0.1) is 0 Å². The van der Waals surface area contributed by atoms with Crippen molar-refractivity contribution >= 4 is 38.1 Å². The van der Waals surface area contributed by atoms with Crippen LogP contribution >= 0.6 is 11.3 Å². The van der Waals surface area contributed by atoms with Gasteiger partial charge in [0.2, 0.25) is 0 Å². The van der Waals surface area contributed by atoms with Gasteiger partial charge in [-0.1, -0.05) is 12.1 Å². The lowest BCUT2D eigenvalue weighted by atomic mass is 9.95. The minimum absolute atomic E-state index is 0.0704. The highest BCUT2D eigenvalue weighted by molar-refractivity contribution is 7.89. The lowest BCUT2D eigenvalue weighted by Crippen LogP contribution is -2.15. The third-order valence-electron chi connectivity index (χ3n) is 4.43. The fourth-order valence-corrected chi connectivity index (χ4v) is 5.27. The summed E-state index contributed by atoms with van der Waals surface area (Å²) < 4.78 is 27.6. The van der Waals surface area contributed by atoms with Crippen molar-refractivity contribution in [1.82, 2.24) is 0 Å². The minimum atomic E-state index is -3.13. The number of fused-ring (bicyclic) bond motifs is 1. The van der Waals surface area contributed by atoms with Crippen LogP contribution in [0.25, 0.3) is 0 Å². The summed E-state index contributed by atoms with van der Waals surface area (Å²) in [6, 6.07) is 6.41. The molecule has 144 valence electrons. The number of esters is 1. The summed E-state index contributed by atoms with van der Waals surface area (Å²) in [6.45, 7) is 0. The second kappa shape index (κ2) is 7.82. The summed E-state index contributed by atoms with van der Waals surface area (Å²) in [5.41, 5.74) is 2.46. The molecule has 0 atom stereocenters. The average Bonchev–Trinajstić information content (AvgIpc) is 2.98. The molecule has 1 N–H and O–H groups in total. The van der Waals surface area contributed by atoms with Crippen molar-refractivity contribution in [1.29, 1.82) is 0 Å². The lowest BCUT2D eigenvalue weighted by Gasteiger charge is -2.11. The predicted octanol–water partition coefficient (Wildman–Crippen LogP) is 3.21.